The van der Waals surface area contributed by atoms with Gasteiger partial charge in [-0.15, -0.1) is 0 Å². The standard InChI is InChI=1S/C58H81N13O14/c1-82-46-21-17-34(29-38(46)51(64)74)66-57(80)44(15-7-11-27-61)69-53(76)40-31-36(19-23-48(40)84-3)67-56(79)43(14-5-4-9-25-59)71-54(77)41-32-37(20-24-49(41)85-33-50(72)73)68-58(81)45(16-8-12-28-62)70-52(75)39-30-35(18-22-47(39)83-2)65-55(78)42(63)13-6-10-26-60/h17-24,29-32,42-45H,4-16,25-28,33,59-63H2,1-3H3,(H2,64,74)(H,65,78)(H,66,80)(H,67,79)(H,68,81)(H,69,76)(H,70,75)(H,71,77)(H,72,73)/t42-,43-,44-,45-/m0/s1. The Morgan fingerprint density at radius 3 is 1.08 bits per heavy atom. The molecule has 85 heavy (non-hydrogen) atoms. The molecular weight excluding hydrogens is 1100 g/mol. The maximum Gasteiger partial charge on any atom is 0.341 e. The number of unbranched alkanes of at least 4 members (excludes halogenated alkanes) is 5. The number of carboxylic acids is 1. The molecule has 27 heteroatoms. The molecule has 0 spiro atoms. The lowest BCUT2D eigenvalue weighted by Crippen LogP contribution is -2.44. The molecule has 27 nitrogen and oxygen atoms in total. The summed E-state index contributed by atoms with van der Waals surface area (Å²) < 4.78 is 21.7. The average molecular weight is 1180 g/mol. The minimum Gasteiger partial charge on any atom is -0.496 e. The molecule has 0 saturated carbocycles. The molecule has 0 heterocycles. The number of anilines is 4. The largest absolute Gasteiger partial charge is 0.496 e. The molecule has 0 unspecified atom stereocenters. The summed E-state index contributed by atoms with van der Waals surface area (Å²) in [6, 6.07) is 12.3. The van der Waals surface area contributed by atoms with Crippen LogP contribution in [0.15, 0.2) is 72.8 Å². The van der Waals surface area contributed by atoms with Gasteiger partial charge in [0.15, 0.2) is 6.61 Å². The summed E-state index contributed by atoms with van der Waals surface area (Å²) in [4.78, 5) is 121. The first-order valence-corrected chi connectivity index (χ1v) is 27.9. The number of carbonyl (C=O) groups excluding carboxylic acids is 8. The number of primary amides is 1. The Hall–Kier alpha value is -8.89. The van der Waals surface area contributed by atoms with E-state index >= 15 is 0 Å². The highest BCUT2D eigenvalue weighted by molar-refractivity contribution is 6.07. The van der Waals surface area contributed by atoms with Crippen molar-refractivity contribution in [3.8, 4) is 23.0 Å². The van der Waals surface area contributed by atoms with Gasteiger partial charge in [0, 0.05) is 22.7 Å². The Bertz CT molecular complexity index is 2940. The number of amides is 8. The van der Waals surface area contributed by atoms with Crippen LogP contribution >= 0.6 is 0 Å². The van der Waals surface area contributed by atoms with E-state index in [1.54, 1.807) is 0 Å². The third-order valence-electron chi connectivity index (χ3n) is 13.3. The van der Waals surface area contributed by atoms with Gasteiger partial charge in [0.05, 0.1) is 49.6 Å². The van der Waals surface area contributed by atoms with Crippen LogP contribution in [0.5, 0.6) is 23.0 Å². The van der Waals surface area contributed by atoms with Crippen LogP contribution < -0.4 is 90.6 Å². The average Bonchev–Trinajstić information content (AvgIpc) is 3.43. The van der Waals surface area contributed by atoms with Gasteiger partial charge in [0.2, 0.25) is 23.6 Å². The van der Waals surface area contributed by atoms with Crippen molar-refractivity contribution >= 4 is 76.0 Å². The van der Waals surface area contributed by atoms with E-state index in [2.05, 4.69) is 37.2 Å². The maximum atomic E-state index is 14.4. The van der Waals surface area contributed by atoms with Crippen LogP contribution in [0.4, 0.5) is 22.7 Å². The number of rotatable bonds is 38. The van der Waals surface area contributed by atoms with Gasteiger partial charge in [-0.25, -0.2) is 4.79 Å². The lowest BCUT2D eigenvalue weighted by atomic mass is 10.0. The van der Waals surface area contributed by atoms with Crippen molar-refractivity contribution in [2.75, 3.05) is 75.4 Å². The van der Waals surface area contributed by atoms with Gasteiger partial charge in [0.1, 0.15) is 41.1 Å². The number of nitrogens with two attached hydrogens (primary N) is 6. The summed E-state index contributed by atoms with van der Waals surface area (Å²) in [6.45, 7) is 0.566. The first-order chi connectivity index (χ1) is 40.8. The van der Waals surface area contributed by atoms with Crippen molar-refractivity contribution in [1.29, 1.82) is 0 Å². The van der Waals surface area contributed by atoms with Crippen LogP contribution in [0.2, 0.25) is 0 Å². The molecule has 20 N–H and O–H groups in total. The van der Waals surface area contributed by atoms with Gasteiger partial charge in [-0.05, 0) is 163 Å². The number of benzene rings is 4. The second-order valence-electron chi connectivity index (χ2n) is 19.6. The molecular formula is C58H81N13O14. The number of aliphatic carboxylic acids is 1. The van der Waals surface area contributed by atoms with Crippen LogP contribution in [0, 0.1) is 0 Å². The van der Waals surface area contributed by atoms with Crippen molar-refractivity contribution < 1.29 is 67.2 Å². The molecule has 0 aliphatic rings. The molecule has 0 radical (unpaired) electrons. The number of methoxy groups -OCH3 is 3. The van der Waals surface area contributed by atoms with Gasteiger partial charge in [-0.2, -0.15) is 0 Å². The summed E-state index contributed by atoms with van der Waals surface area (Å²) in [7, 11) is 4.03. The number of hydrogen-bond acceptors (Lipinski definition) is 18. The zero-order valence-corrected chi connectivity index (χ0v) is 48.2. The minimum atomic E-state index is -1.37. The van der Waals surface area contributed by atoms with Crippen LogP contribution in [-0.2, 0) is 24.0 Å². The predicted octanol–water partition coefficient (Wildman–Crippen LogP) is 2.66. The number of carboxylic acid groups (broad SMARTS) is 1. The minimum absolute atomic E-state index is 0.0119. The predicted molar refractivity (Wildman–Crippen MR) is 320 cm³/mol. The fraction of sp³-hybridized carbons (Fsp3) is 0.431. The van der Waals surface area contributed by atoms with Gasteiger partial charge in [-0.3, -0.25) is 38.4 Å². The second-order valence-corrected chi connectivity index (χ2v) is 19.6. The highest BCUT2D eigenvalue weighted by Gasteiger charge is 2.29. The van der Waals surface area contributed by atoms with Crippen molar-refractivity contribution in [3.63, 3.8) is 0 Å². The molecule has 0 saturated heterocycles. The van der Waals surface area contributed by atoms with E-state index < -0.39 is 84.0 Å². The molecule has 0 aromatic heterocycles. The SMILES string of the molecule is COc1ccc(NC(=O)[C@H](CCCCN)NC(=O)c2cc(NC(=O)[C@H](CCCCCN)NC(=O)c3cc(NC(=O)[C@H](CCCCN)NC(=O)c4cc(NC(=O)[C@@H](N)CCCCN)ccc4OC)ccc3OCC(=O)O)ccc2OC)cc1C(N)=O. The van der Waals surface area contributed by atoms with E-state index in [0.717, 1.165) is 0 Å². The number of carbonyl (C=O) groups is 9. The van der Waals surface area contributed by atoms with Gasteiger partial charge >= 0.3 is 5.97 Å². The topological polar surface area (TPSA) is 451 Å². The van der Waals surface area contributed by atoms with E-state index in [4.69, 9.17) is 53.3 Å². The zero-order chi connectivity index (χ0) is 62.4. The van der Waals surface area contributed by atoms with Crippen LogP contribution in [0.3, 0.4) is 0 Å². The Morgan fingerprint density at radius 1 is 0.424 bits per heavy atom. The summed E-state index contributed by atoms with van der Waals surface area (Å²) in [5.41, 5.74) is 34.7. The number of ether oxygens (including phenoxy) is 4. The fourth-order valence-electron chi connectivity index (χ4n) is 8.69. The Morgan fingerprint density at radius 2 is 0.729 bits per heavy atom. The van der Waals surface area contributed by atoms with Crippen LogP contribution in [0.1, 0.15) is 125 Å². The normalized spacial score (nSPS) is 12.2. The smallest absolute Gasteiger partial charge is 0.341 e. The molecule has 4 aromatic carbocycles. The van der Waals surface area contributed by atoms with Crippen molar-refractivity contribution in [1.82, 2.24) is 16.0 Å². The molecule has 0 fully saturated rings. The van der Waals surface area contributed by atoms with E-state index in [1.807, 2.05) is 0 Å². The fourth-order valence-corrected chi connectivity index (χ4v) is 8.69. The Kier molecular flexibility index (Phi) is 29.0. The van der Waals surface area contributed by atoms with Crippen molar-refractivity contribution in [2.45, 2.75) is 108 Å². The third-order valence-corrected chi connectivity index (χ3v) is 13.3. The van der Waals surface area contributed by atoms with E-state index in [0.29, 0.717) is 90.4 Å². The van der Waals surface area contributed by atoms with E-state index in [1.165, 1.54) is 94.1 Å². The highest BCUT2D eigenvalue weighted by atomic mass is 16.5. The maximum absolute atomic E-state index is 14.4. The third kappa shape index (κ3) is 22.0. The molecule has 0 bridgehead atoms. The quantitative estimate of drug-likeness (QED) is 0.0287. The summed E-state index contributed by atoms with van der Waals surface area (Å²) >= 11 is 0. The van der Waals surface area contributed by atoms with Crippen LogP contribution in [-0.4, -0.2) is 137 Å². The molecule has 0 aliphatic carbocycles. The number of nitrogens with one attached hydrogen (secondary N) is 7. The molecule has 4 rings (SSSR count). The first kappa shape index (κ1) is 68.6. The summed E-state index contributed by atoms with van der Waals surface area (Å²) in [5.74, 6) is -6.91. The summed E-state index contributed by atoms with van der Waals surface area (Å²) in [6.07, 6.45) is 5.54. The van der Waals surface area contributed by atoms with Gasteiger partial charge in [-0.1, -0.05) is 19.3 Å². The molecule has 0 aliphatic heterocycles. The monoisotopic (exact) mass is 1180 g/mol. The number of hydrogen-bond donors (Lipinski definition) is 14. The molecule has 462 valence electrons. The molecule has 8 amide bonds. The highest BCUT2D eigenvalue weighted by Crippen LogP contribution is 2.28. The lowest BCUT2D eigenvalue weighted by molar-refractivity contribution is -0.139. The lowest BCUT2D eigenvalue weighted by Gasteiger charge is -2.22. The molecule has 4 aromatic rings. The van der Waals surface area contributed by atoms with Gasteiger partial charge < -0.3 is 95.7 Å². The zero-order valence-electron chi connectivity index (χ0n) is 48.2. The van der Waals surface area contributed by atoms with Crippen molar-refractivity contribution in [2.24, 2.45) is 34.4 Å². The molecule has 4 atom stereocenters. The van der Waals surface area contributed by atoms with E-state index in [9.17, 15) is 48.3 Å². The van der Waals surface area contributed by atoms with Crippen LogP contribution in [0.25, 0.3) is 0 Å². The van der Waals surface area contributed by atoms with E-state index in [-0.39, 0.29) is 87.3 Å². The van der Waals surface area contributed by atoms with Crippen molar-refractivity contribution in [3.05, 3.63) is 95.1 Å². The first-order valence-electron chi connectivity index (χ1n) is 27.9. The Labute approximate surface area is 493 Å². The van der Waals surface area contributed by atoms with Gasteiger partial charge in [0.25, 0.3) is 23.6 Å². The summed E-state index contributed by atoms with van der Waals surface area (Å²) in [5, 5.41) is 28.6. The second kappa shape index (κ2) is 36.0. The Balaban J connectivity index is 1.61.